The molecule has 88 valence electrons. The van der Waals surface area contributed by atoms with Crippen molar-refractivity contribution >= 4 is 11.5 Å². The summed E-state index contributed by atoms with van der Waals surface area (Å²) in [7, 11) is 1.77. The quantitative estimate of drug-likeness (QED) is 0.841. The first-order valence-electron chi connectivity index (χ1n) is 5.75. The van der Waals surface area contributed by atoms with Crippen molar-refractivity contribution in [3.05, 3.63) is 18.3 Å². The summed E-state index contributed by atoms with van der Waals surface area (Å²) in [6.45, 7) is 2.91. The lowest BCUT2D eigenvalue weighted by molar-refractivity contribution is 0.139. The van der Waals surface area contributed by atoms with Crippen molar-refractivity contribution in [2.24, 2.45) is 5.92 Å². The molecule has 4 heteroatoms. The second-order valence-electron chi connectivity index (χ2n) is 4.30. The highest BCUT2D eigenvalue weighted by Crippen LogP contribution is 2.25. The minimum atomic E-state index is 0.686. The number of ether oxygens (including phenoxy) is 1. The fraction of sp³-hybridized carbons (Fsp3) is 0.583. The molecule has 1 aliphatic heterocycles. The van der Waals surface area contributed by atoms with E-state index in [2.05, 4.69) is 9.88 Å². The Labute approximate surface area is 96.4 Å². The molecule has 0 atom stereocenters. The first kappa shape index (κ1) is 11.2. The van der Waals surface area contributed by atoms with Gasteiger partial charge in [0, 0.05) is 33.0 Å². The summed E-state index contributed by atoms with van der Waals surface area (Å²) in [5.41, 5.74) is 6.69. The van der Waals surface area contributed by atoms with Crippen molar-refractivity contribution in [2.45, 2.75) is 12.8 Å². The smallest absolute Gasteiger partial charge is 0.151 e. The van der Waals surface area contributed by atoms with Crippen LogP contribution in [0.3, 0.4) is 0 Å². The normalized spacial score (nSPS) is 17.7. The van der Waals surface area contributed by atoms with Gasteiger partial charge in [0.2, 0.25) is 0 Å². The summed E-state index contributed by atoms with van der Waals surface area (Å²) < 4.78 is 5.19. The van der Waals surface area contributed by atoms with Gasteiger partial charge in [-0.3, -0.25) is 0 Å². The number of hydrogen-bond donors (Lipinski definition) is 1. The Morgan fingerprint density at radius 3 is 2.88 bits per heavy atom. The highest BCUT2D eigenvalue weighted by Gasteiger charge is 2.20. The molecule has 1 saturated heterocycles. The van der Waals surface area contributed by atoms with Crippen molar-refractivity contribution in [1.82, 2.24) is 4.98 Å². The number of pyridine rings is 1. The van der Waals surface area contributed by atoms with Crippen molar-refractivity contribution in [3.8, 4) is 0 Å². The van der Waals surface area contributed by atoms with E-state index in [4.69, 9.17) is 10.5 Å². The second-order valence-corrected chi connectivity index (χ2v) is 4.30. The Morgan fingerprint density at radius 2 is 2.25 bits per heavy atom. The molecule has 0 amide bonds. The average molecular weight is 221 g/mol. The fourth-order valence-electron chi connectivity index (χ4n) is 2.22. The van der Waals surface area contributed by atoms with E-state index in [1.165, 1.54) is 0 Å². The van der Waals surface area contributed by atoms with Crippen LogP contribution in [0, 0.1) is 5.92 Å². The van der Waals surface area contributed by atoms with E-state index in [0.717, 1.165) is 44.0 Å². The van der Waals surface area contributed by atoms with Crippen molar-refractivity contribution in [3.63, 3.8) is 0 Å². The van der Waals surface area contributed by atoms with Crippen LogP contribution in [-0.2, 0) is 4.74 Å². The summed E-state index contributed by atoms with van der Waals surface area (Å²) in [4.78, 5) is 6.61. The zero-order valence-corrected chi connectivity index (χ0v) is 9.72. The van der Waals surface area contributed by atoms with Crippen LogP contribution in [0.15, 0.2) is 18.3 Å². The number of methoxy groups -OCH3 is 1. The number of rotatable bonds is 3. The molecule has 4 nitrogen and oxygen atoms in total. The van der Waals surface area contributed by atoms with Crippen LogP contribution in [0.1, 0.15) is 12.8 Å². The molecule has 1 fully saturated rings. The van der Waals surface area contributed by atoms with E-state index < -0.39 is 0 Å². The molecule has 0 aliphatic carbocycles. The molecule has 0 aromatic carbocycles. The topological polar surface area (TPSA) is 51.4 Å². The Bertz CT molecular complexity index is 335. The SMILES string of the molecule is COCC1CCN(c2ncccc2N)CC1. The highest BCUT2D eigenvalue weighted by atomic mass is 16.5. The third-order valence-electron chi connectivity index (χ3n) is 3.13. The van der Waals surface area contributed by atoms with Crippen LogP contribution < -0.4 is 10.6 Å². The highest BCUT2D eigenvalue weighted by molar-refractivity contribution is 5.62. The average Bonchev–Trinajstić information content (AvgIpc) is 2.31. The molecule has 0 saturated carbocycles. The number of hydrogen-bond acceptors (Lipinski definition) is 4. The van der Waals surface area contributed by atoms with E-state index in [1.807, 2.05) is 12.1 Å². The summed E-state index contributed by atoms with van der Waals surface area (Å²) in [6.07, 6.45) is 4.11. The zero-order valence-electron chi connectivity index (χ0n) is 9.72. The molecule has 0 spiro atoms. The molecule has 0 bridgehead atoms. The van der Waals surface area contributed by atoms with Gasteiger partial charge in [0.15, 0.2) is 5.82 Å². The molecule has 0 unspecified atom stereocenters. The van der Waals surface area contributed by atoms with Crippen LogP contribution in [0.2, 0.25) is 0 Å². The lowest BCUT2D eigenvalue weighted by atomic mass is 9.98. The molecule has 2 heterocycles. The lowest BCUT2D eigenvalue weighted by Crippen LogP contribution is -2.35. The van der Waals surface area contributed by atoms with Gasteiger partial charge < -0.3 is 15.4 Å². The maximum Gasteiger partial charge on any atom is 0.151 e. The Kier molecular flexibility index (Phi) is 3.62. The van der Waals surface area contributed by atoms with Crippen LogP contribution in [-0.4, -0.2) is 31.8 Å². The minimum absolute atomic E-state index is 0.686. The summed E-state index contributed by atoms with van der Waals surface area (Å²) >= 11 is 0. The predicted molar refractivity (Wildman–Crippen MR) is 65.5 cm³/mol. The third kappa shape index (κ3) is 2.44. The Balaban J connectivity index is 1.96. The van der Waals surface area contributed by atoms with Crippen molar-refractivity contribution in [1.29, 1.82) is 0 Å². The van der Waals surface area contributed by atoms with Gasteiger partial charge in [-0.25, -0.2) is 4.98 Å². The Hall–Kier alpha value is -1.29. The van der Waals surface area contributed by atoms with Crippen molar-refractivity contribution in [2.75, 3.05) is 37.4 Å². The van der Waals surface area contributed by atoms with Crippen LogP contribution in [0.25, 0.3) is 0 Å². The summed E-state index contributed by atoms with van der Waals surface area (Å²) in [5, 5.41) is 0. The number of piperidine rings is 1. The molecule has 16 heavy (non-hydrogen) atoms. The number of anilines is 2. The van der Waals surface area contributed by atoms with Gasteiger partial charge in [0.1, 0.15) is 0 Å². The van der Waals surface area contributed by atoms with Gasteiger partial charge >= 0.3 is 0 Å². The van der Waals surface area contributed by atoms with Gasteiger partial charge in [-0.2, -0.15) is 0 Å². The van der Waals surface area contributed by atoms with Gasteiger partial charge in [-0.15, -0.1) is 0 Å². The maximum atomic E-state index is 5.92. The van der Waals surface area contributed by atoms with E-state index in [0.29, 0.717) is 5.92 Å². The molecule has 1 aromatic rings. The molecule has 2 rings (SSSR count). The number of nitrogens with two attached hydrogens (primary N) is 1. The standard InChI is InChI=1S/C12H19N3O/c1-16-9-10-4-7-15(8-5-10)12-11(13)3-2-6-14-12/h2-3,6,10H,4-5,7-9,13H2,1H3. The van der Waals surface area contributed by atoms with E-state index in [9.17, 15) is 0 Å². The molecule has 0 radical (unpaired) electrons. The number of aromatic nitrogens is 1. The van der Waals surface area contributed by atoms with Gasteiger partial charge in [0.25, 0.3) is 0 Å². The molecular weight excluding hydrogens is 202 g/mol. The third-order valence-corrected chi connectivity index (χ3v) is 3.13. The van der Waals surface area contributed by atoms with Crippen molar-refractivity contribution < 1.29 is 4.74 Å². The van der Waals surface area contributed by atoms with Gasteiger partial charge in [-0.1, -0.05) is 0 Å². The monoisotopic (exact) mass is 221 g/mol. The first-order valence-corrected chi connectivity index (χ1v) is 5.75. The number of nitrogens with zero attached hydrogens (tertiary/aromatic N) is 2. The largest absolute Gasteiger partial charge is 0.396 e. The minimum Gasteiger partial charge on any atom is -0.396 e. The van der Waals surface area contributed by atoms with Crippen LogP contribution in [0.5, 0.6) is 0 Å². The molecule has 1 aromatic heterocycles. The fourth-order valence-corrected chi connectivity index (χ4v) is 2.22. The van der Waals surface area contributed by atoms with E-state index >= 15 is 0 Å². The molecule has 2 N–H and O–H groups in total. The Morgan fingerprint density at radius 1 is 1.50 bits per heavy atom. The lowest BCUT2D eigenvalue weighted by Gasteiger charge is -2.32. The van der Waals surface area contributed by atoms with E-state index in [1.54, 1.807) is 13.3 Å². The zero-order chi connectivity index (χ0) is 11.4. The number of nitrogen functional groups attached to an aromatic ring is 1. The van der Waals surface area contributed by atoms with Gasteiger partial charge in [-0.05, 0) is 30.9 Å². The van der Waals surface area contributed by atoms with Gasteiger partial charge in [0.05, 0.1) is 5.69 Å². The summed E-state index contributed by atoms with van der Waals surface area (Å²) in [6, 6.07) is 3.78. The van der Waals surface area contributed by atoms with Crippen LogP contribution >= 0.6 is 0 Å². The second kappa shape index (κ2) is 5.16. The van der Waals surface area contributed by atoms with E-state index in [-0.39, 0.29) is 0 Å². The predicted octanol–water partition coefficient (Wildman–Crippen LogP) is 1.53. The summed E-state index contributed by atoms with van der Waals surface area (Å²) in [5.74, 6) is 1.62. The first-order chi connectivity index (χ1) is 7.81. The maximum absolute atomic E-state index is 5.92. The molecule has 1 aliphatic rings. The van der Waals surface area contributed by atoms with Crippen LogP contribution in [0.4, 0.5) is 11.5 Å². The molecular formula is C12H19N3O.